The molecule has 0 saturated heterocycles. The van der Waals surface area contributed by atoms with Gasteiger partial charge >= 0.3 is 6.18 Å². The fourth-order valence-corrected chi connectivity index (χ4v) is 1.53. The Kier molecular flexibility index (Phi) is 3.87. The van der Waals surface area contributed by atoms with Gasteiger partial charge in [-0.05, 0) is 30.2 Å². The number of ketones is 1. The molecule has 2 aromatic rings. The molecule has 1 aromatic heterocycles. The third kappa shape index (κ3) is 2.98. The van der Waals surface area contributed by atoms with E-state index in [4.69, 9.17) is 0 Å². The van der Waals surface area contributed by atoms with E-state index < -0.39 is 23.3 Å². The lowest BCUT2D eigenvalue weighted by Gasteiger charge is -2.22. The molecule has 108 valence electrons. The number of benzene rings is 1. The predicted molar refractivity (Wildman–Crippen MR) is 67.4 cm³/mol. The van der Waals surface area contributed by atoms with Crippen LogP contribution < -0.4 is 0 Å². The van der Waals surface area contributed by atoms with E-state index in [1.165, 1.54) is 18.2 Å². The maximum atomic E-state index is 13.0. The highest BCUT2D eigenvalue weighted by atomic mass is 19.4. The van der Waals surface area contributed by atoms with Crippen LogP contribution >= 0.6 is 0 Å². The second kappa shape index (κ2) is 5.46. The molecule has 0 amide bonds. The van der Waals surface area contributed by atoms with Crippen LogP contribution in [0.25, 0.3) is 0 Å². The van der Waals surface area contributed by atoms with Gasteiger partial charge in [0.2, 0.25) is 0 Å². The number of hydrogen-bond donors (Lipinski definition) is 1. The number of alkyl halides is 3. The van der Waals surface area contributed by atoms with E-state index >= 15 is 0 Å². The fourth-order valence-electron chi connectivity index (χ4n) is 1.53. The summed E-state index contributed by atoms with van der Waals surface area (Å²) in [6.45, 7) is 0. The fraction of sp³-hybridized carbons (Fsp3) is 0.133. The number of Topliss-reactive ketones (excluding diaryl/α,β-unsaturated/α-hetero) is 1. The number of aliphatic hydroxyl groups is 1. The van der Waals surface area contributed by atoms with Gasteiger partial charge in [0.15, 0.2) is 5.76 Å². The van der Waals surface area contributed by atoms with Gasteiger partial charge in [0.25, 0.3) is 11.4 Å². The molecule has 3 nitrogen and oxygen atoms in total. The molecule has 0 aliphatic heterocycles. The van der Waals surface area contributed by atoms with E-state index in [1.807, 2.05) is 0 Å². The smallest absolute Gasteiger partial charge is 0.436 e. The van der Waals surface area contributed by atoms with Crippen molar-refractivity contribution in [3.8, 4) is 11.8 Å². The largest absolute Gasteiger partial charge is 0.461 e. The highest BCUT2D eigenvalue weighted by Crippen LogP contribution is 2.33. The van der Waals surface area contributed by atoms with Gasteiger partial charge in [0, 0.05) is 5.56 Å². The first-order valence-electron chi connectivity index (χ1n) is 5.80. The first kappa shape index (κ1) is 14.9. The van der Waals surface area contributed by atoms with Gasteiger partial charge in [-0.3, -0.25) is 4.79 Å². The minimum absolute atomic E-state index is 0.243. The first-order chi connectivity index (χ1) is 9.84. The van der Waals surface area contributed by atoms with Gasteiger partial charge in [0.05, 0.1) is 6.26 Å². The van der Waals surface area contributed by atoms with Crippen LogP contribution in [0.2, 0.25) is 0 Å². The van der Waals surface area contributed by atoms with Gasteiger partial charge in [-0.25, -0.2) is 0 Å². The molecule has 0 aliphatic carbocycles. The van der Waals surface area contributed by atoms with Crippen molar-refractivity contribution in [1.29, 1.82) is 0 Å². The number of rotatable bonds is 2. The number of carbonyl (C=O) groups excluding carboxylic acids is 1. The van der Waals surface area contributed by atoms with Crippen molar-refractivity contribution in [2.45, 2.75) is 11.8 Å². The van der Waals surface area contributed by atoms with E-state index in [1.54, 1.807) is 24.1 Å². The zero-order valence-corrected chi connectivity index (χ0v) is 10.5. The first-order valence-corrected chi connectivity index (χ1v) is 5.80. The van der Waals surface area contributed by atoms with Gasteiger partial charge in [-0.2, -0.15) is 13.2 Å². The standard InChI is InChI=1S/C15H9F3O3/c16-15(17,18)14(20,13(19)12-7-4-10-21-12)9-8-11-5-2-1-3-6-11/h1-7,10,20H/t14-/m1/s1. The minimum Gasteiger partial charge on any atom is -0.461 e. The number of furan rings is 1. The van der Waals surface area contributed by atoms with Crippen LogP contribution in [0, 0.1) is 11.8 Å². The summed E-state index contributed by atoms with van der Waals surface area (Å²) < 4.78 is 43.7. The quantitative estimate of drug-likeness (QED) is 0.684. The molecule has 0 bridgehead atoms. The molecule has 21 heavy (non-hydrogen) atoms. The Bertz CT molecular complexity index is 678. The maximum absolute atomic E-state index is 13.0. The molecule has 1 N–H and O–H groups in total. The van der Waals surface area contributed by atoms with Crippen LogP contribution in [0.3, 0.4) is 0 Å². The normalized spacial score (nSPS) is 13.9. The molecule has 0 radical (unpaired) electrons. The molecule has 2 rings (SSSR count). The highest BCUT2D eigenvalue weighted by molar-refractivity contribution is 6.03. The van der Waals surface area contributed by atoms with Crippen LogP contribution in [-0.4, -0.2) is 22.7 Å². The Morgan fingerprint density at radius 2 is 1.76 bits per heavy atom. The van der Waals surface area contributed by atoms with E-state index in [0.29, 0.717) is 0 Å². The Labute approximate surface area is 118 Å². The lowest BCUT2D eigenvalue weighted by Crippen LogP contribution is -2.51. The Balaban J connectivity index is 2.45. The van der Waals surface area contributed by atoms with E-state index in [2.05, 4.69) is 10.3 Å². The van der Waals surface area contributed by atoms with Crippen LogP contribution in [0.4, 0.5) is 13.2 Å². The van der Waals surface area contributed by atoms with E-state index in [-0.39, 0.29) is 5.56 Å². The summed E-state index contributed by atoms with van der Waals surface area (Å²) >= 11 is 0. The van der Waals surface area contributed by atoms with Crippen molar-refractivity contribution < 1.29 is 27.5 Å². The molecule has 6 heteroatoms. The SMILES string of the molecule is O=C(c1ccco1)[C@](O)(C#Cc1ccccc1)C(F)(F)F. The molecule has 1 heterocycles. The van der Waals surface area contributed by atoms with Gasteiger partial charge < -0.3 is 9.52 Å². The molecular formula is C15H9F3O3. The minimum atomic E-state index is -5.25. The van der Waals surface area contributed by atoms with Crippen LogP contribution in [0.5, 0.6) is 0 Å². The number of hydrogen-bond acceptors (Lipinski definition) is 3. The van der Waals surface area contributed by atoms with Crippen molar-refractivity contribution in [3.05, 3.63) is 60.1 Å². The molecule has 0 aliphatic rings. The third-order valence-electron chi connectivity index (χ3n) is 2.65. The van der Waals surface area contributed by atoms with Crippen LogP contribution in [0.1, 0.15) is 16.1 Å². The summed E-state index contributed by atoms with van der Waals surface area (Å²) in [7, 11) is 0. The Hall–Kier alpha value is -2.52. The lowest BCUT2D eigenvalue weighted by atomic mass is 9.96. The average molecular weight is 294 g/mol. The monoisotopic (exact) mass is 294 g/mol. The van der Waals surface area contributed by atoms with Crippen molar-refractivity contribution in [2.75, 3.05) is 0 Å². The van der Waals surface area contributed by atoms with Crippen molar-refractivity contribution >= 4 is 5.78 Å². The Morgan fingerprint density at radius 3 is 2.29 bits per heavy atom. The van der Waals surface area contributed by atoms with Gasteiger partial charge in [0.1, 0.15) is 0 Å². The maximum Gasteiger partial charge on any atom is 0.436 e. The van der Waals surface area contributed by atoms with Crippen molar-refractivity contribution in [3.63, 3.8) is 0 Å². The second-order valence-electron chi connectivity index (χ2n) is 4.13. The van der Waals surface area contributed by atoms with E-state index in [9.17, 15) is 23.1 Å². The molecule has 0 spiro atoms. The molecule has 0 saturated carbocycles. The van der Waals surface area contributed by atoms with Crippen LogP contribution in [0.15, 0.2) is 53.1 Å². The predicted octanol–water partition coefficient (Wildman–Crippen LogP) is 2.81. The molecule has 0 unspecified atom stereocenters. The summed E-state index contributed by atoms with van der Waals surface area (Å²) in [5, 5.41) is 9.74. The van der Waals surface area contributed by atoms with Crippen molar-refractivity contribution in [1.82, 2.24) is 0 Å². The molecule has 1 atom stereocenters. The van der Waals surface area contributed by atoms with Gasteiger partial charge in [-0.1, -0.05) is 24.1 Å². The molecule has 0 fully saturated rings. The molecular weight excluding hydrogens is 285 g/mol. The Morgan fingerprint density at radius 1 is 1.10 bits per heavy atom. The third-order valence-corrected chi connectivity index (χ3v) is 2.65. The second-order valence-corrected chi connectivity index (χ2v) is 4.13. The topological polar surface area (TPSA) is 50.4 Å². The van der Waals surface area contributed by atoms with Crippen LogP contribution in [-0.2, 0) is 0 Å². The summed E-state index contributed by atoms with van der Waals surface area (Å²) in [4.78, 5) is 11.8. The summed E-state index contributed by atoms with van der Waals surface area (Å²) in [5.41, 5.74) is -3.58. The lowest BCUT2D eigenvalue weighted by molar-refractivity contribution is -0.215. The summed E-state index contributed by atoms with van der Waals surface area (Å²) in [6, 6.07) is 10.0. The van der Waals surface area contributed by atoms with Gasteiger partial charge in [-0.15, -0.1) is 0 Å². The highest BCUT2D eigenvalue weighted by Gasteiger charge is 2.59. The van der Waals surface area contributed by atoms with Crippen molar-refractivity contribution in [2.24, 2.45) is 0 Å². The van der Waals surface area contributed by atoms with E-state index in [0.717, 1.165) is 12.3 Å². The zero-order valence-electron chi connectivity index (χ0n) is 10.5. The average Bonchev–Trinajstić information content (AvgIpc) is 2.98. The summed E-state index contributed by atoms with van der Waals surface area (Å²) in [5.74, 6) is 1.50. The number of carbonyl (C=O) groups is 1. The zero-order chi connectivity index (χ0) is 15.5. The summed E-state index contributed by atoms with van der Waals surface area (Å²) in [6.07, 6.45) is -4.21. The number of halogens is 3. The molecule has 1 aromatic carbocycles.